The Morgan fingerprint density at radius 2 is 2.04 bits per heavy atom. The van der Waals surface area contributed by atoms with Crippen LogP contribution in [0.1, 0.15) is 55.3 Å². The van der Waals surface area contributed by atoms with Crippen molar-refractivity contribution in [3.63, 3.8) is 0 Å². The van der Waals surface area contributed by atoms with Gasteiger partial charge < -0.3 is 10.1 Å². The van der Waals surface area contributed by atoms with Crippen LogP contribution in [0, 0.1) is 0 Å². The summed E-state index contributed by atoms with van der Waals surface area (Å²) in [6.45, 7) is 1.07. The van der Waals surface area contributed by atoms with Gasteiger partial charge in [-0.15, -0.1) is 0 Å². The zero-order chi connectivity index (χ0) is 18.6. The van der Waals surface area contributed by atoms with Crippen LogP contribution in [-0.2, 0) is 14.8 Å². The number of rotatable bonds is 7. The molecule has 6 nitrogen and oxygen atoms in total. The van der Waals surface area contributed by atoms with Gasteiger partial charge >= 0.3 is 0 Å². The van der Waals surface area contributed by atoms with Crippen LogP contribution in [0.3, 0.4) is 0 Å². The number of piperidine rings is 1. The lowest BCUT2D eigenvalue weighted by molar-refractivity contribution is 0.0916. The molecule has 1 aromatic carbocycles. The fraction of sp³-hybridized carbons (Fsp3) is 0.632. The molecule has 0 spiro atoms. The summed E-state index contributed by atoms with van der Waals surface area (Å²) in [4.78, 5) is 12.6. The predicted molar refractivity (Wildman–Crippen MR) is 99.6 cm³/mol. The topological polar surface area (TPSA) is 75.7 Å². The SMILES string of the molecule is COCC[C@H]1CCCCN1S(=O)(=O)c1cccc(C(=O)NC2CCC2)c1. The second kappa shape index (κ2) is 8.50. The van der Waals surface area contributed by atoms with Crippen molar-refractivity contribution < 1.29 is 17.9 Å². The average molecular weight is 381 g/mol. The van der Waals surface area contributed by atoms with Crippen LogP contribution in [0.5, 0.6) is 0 Å². The molecule has 1 amide bonds. The Kier molecular flexibility index (Phi) is 6.32. The minimum Gasteiger partial charge on any atom is -0.385 e. The highest BCUT2D eigenvalue weighted by Crippen LogP contribution is 2.27. The molecular formula is C19H28N2O4S. The number of nitrogens with zero attached hydrogens (tertiary/aromatic N) is 1. The van der Waals surface area contributed by atoms with Gasteiger partial charge in [0.05, 0.1) is 4.90 Å². The van der Waals surface area contributed by atoms with Gasteiger partial charge in [-0.2, -0.15) is 4.31 Å². The zero-order valence-electron chi connectivity index (χ0n) is 15.3. The number of hydrogen-bond donors (Lipinski definition) is 1. The number of carbonyl (C=O) groups is 1. The zero-order valence-corrected chi connectivity index (χ0v) is 16.1. The number of hydrogen-bond acceptors (Lipinski definition) is 4. The number of ether oxygens (including phenoxy) is 1. The molecule has 0 aromatic heterocycles. The molecule has 1 aliphatic heterocycles. The van der Waals surface area contributed by atoms with E-state index in [1.807, 2.05) is 0 Å². The highest BCUT2D eigenvalue weighted by atomic mass is 32.2. The van der Waals surface area contributed by atoms with Crippen LogP contribution in [0.15, 0.2) is 29.2 Å². The number of sulfonamides is 1. The molecule has 144 valence electrons. The van der Waals surface area contributed by atoms with Crippen LogP contribution < -0.4 is 5.32 Å². The van der Waals surface area contributed by atoms with Crippen molar-refractivity contribution >= 4 is 15.9 Å². The highest BCUT2D eigenvalue weighted by Gasteiger charge is 2.33. The van der Waals surface area contributed by atoms with Gasteiger partial charge in [0.2, 0.25) is 10.0 Å². The molecule has 1 aliphatic carbocycles. The predicted octanol–water partition coefficient (Wildman–Crippen LogP) is 2.55. The van der Waals surface area contributed by atoms with E-state index in [2.05, 4.69) is 5.32 Å². The maximum Gasteiger partial charge on any atom is 0.251 e. The summed E-state index contributed by atoms with van der Waals surface area (Å²) < 4.78 is 33.1. The van der Waals surface area contributed by atoms with Gasteiger partial charge in [-0.25, -0.2) is 8.42 Å². The Morgan fingerprint density at radius 1 is 1.23 bits per heavy atom. The molecule has 26 heavy (non-hydrogen) atoms. The normalized spacial score (nSPS) is 22.0. The number of amides is 1. The maximum atomic E-state index is 13.2. The number of carbonyl (C=O) groups excluding carboxylic acids is 1. The molecule has 0 radical (unpaired) electrons. The Balaban J connectivity index is 1.79. The molecule has 0 unspecified atom stereocenters. The van der Waals surface area contributed by atoms with Crippen LogP contribution in [0.4, 0.5) is 0 Å². The van der Waals surface area contributed by atoms with E-state index in [0.29, 0.717) is 25.1 Å². The third-order valence-corrected chi connectivity index (χ3v) is 7.32. The van der Waals surface area contributed by atoms with Crippen molar-refractivity contribution in [1.29, 1.82) is 0 Å². The molecule has 7 heteroatoms. The first-order valence-corrected chi connectivity index (χ1v) is 10.9. The first kappa shape index (κ1) is 19.3. The highest BCUT2D eigenvalue weighted by molar-refractivity contribution is 7.89. The third-order valence-electron chi connectivity index (χ3n) is 5.37. The van der Waals surface area contributed by atoms with Gasteiger partial charge in [0.1, 0.15) is 0 Å². The molecule has 1 heterocycles. The monoisotopic (exact) mass is 380 g/mol. The molecule has 1 atom stereocenters. The van der Waals surface area contributed by atoms with Crippen molar-refractivity contribution in [2.24, 2.45) is 0 Å². The molecular weight excluding hydrogens is 352 g/mol. The van der Waals surface area contributed by atoms with E-state index < -0.39 is 10.0 Å². The summed E-state index contributed by atoms with van der Waals surface area (Å²) in [5, 5.41) is 2.96. The van der Waals surface area contributed by atoms with Gasteiger partial charge in [-0.1, -0.05) is 12.5 Å². The molecule has 2 fully saturated rings. The van der Waals surface area contributed by atoms with E-state index in [-0.39, 0.29) is 22.9 Å². The second-order valence-corrected chi connectivity index (χ2v) is 9.07. The minimum atomic E-state index is -3.62. The lowest BCUT2D eigenvalue weighted by atomic mass is 9.93. The van der Waals surface area contributed by atoms with Crippen LogP contribution in [0.25, 0.3) is 0 Å². The quantitative estimate of drug-likeness (QED) is 0.789. The Bertz CT molecular complexity index is 731. The minimum absolute atomic E-state index is 0.0406. The standard InChI is InChI=1S/C19H28N2O4S/c1-25-13-11-17-9-2-3-12-21(17)26(23,24)18-10-4-6-15(14-18)19(22)20-16-7-5-8-16/h4,6,10,14,16-17H,2-3,5,7-9,11-13H2,1H3,(H,20,22)/t17-/m1/s1. The first-order valence-electron chi connectivity index (χ1n) is 9.44. The average Bonchev–Trinajstić information content (AvgIpc) is 2.63. The molecule has 1 saturated heterocycles. The summed E-state index contributed by atoms with van der Waals surface area (Å²) in [7, 11) is -1.99. The number of nitrogens with one attached hydrogen (secondary N) is 1. The van der Waals surface area contributed by atoms with E-state index in [4.69, 9.17) is 4.74 Å². The molecule has 0 bridgehead atoms. The van der Waals surface area contributed by atoms with Crippen LogP contribution >= 0.6 is 0 Å². The van der Waals surface area contributed by atoms with Crippen molar-refractivity contribution in [3.05, 3.63) is 29.8 Å². The van der Waals surface area contributed by atoms with E-state index in [1.54, 1.807) is 29.6 Å². The number of benzene rings is 1. The van der Waals surface area contributed by atoms with Crippen molar-refractivity contribution in [1.82, 2.24) is 9.62 Å². The largest absolute Gasteiger partial charge is 0.385 e. The maximum absolute atomic E-state index is 13.2. The van der Waals surface area contributed by atoms with Crippen molar-refractivity contribution in [2.75, 3.05) is 20.3 Å². The molecule has 1 aromatic rings. The lowest BCUT2D eigenvalue weighted by Crippen LogP contribution is -2.44. The fourth-order valence-electron chi connectivity index (χ4n) is 3.59. The summed E-state index contributed by atoms with van der Waals surface area (Å²) >= 11 is 0. The van der Waals surface area contributed by atoms with E-state index >= 15 is 0 Å². The Hall–Kier alpha value is -1.44. The molecule has 2 aliphatic rings. The second-order valence-electron chi connectivity index (χ2n) is 7.18. The van der Waals surface area contributed by atoms with Crippen LogP contribution in [0.2, 0.25) is 0 Å². The fourth-order valence-corrected chi connectivity index (χ4v) is 5.36. The van der Waals surface area contributed by atoms with Crippen molar-refractivity contribution in [2.45, 2.75) is 61.9 Å². The smallest absolute Gasteiger partial charge is 0.251 e. The van der Waals surface area contributed by atoms with Gasteiger partial charge in [0.15, 0.2) is 0 Å². The summed E-state index contributed by atoms with van der Waals surface area (Å²) in [5.41, 5.74) is 0.406. The lowest BCUT2D eigenvalue weighted by Gasteiger charge is -2.34. The van der Waals surface area contributed by atoms with E-state index in [1.165, 1.54) is 6.07 Å². The third kappa shape index (κ3) is 4.27. The van der Waals surface area contributed by atoms with Crippen molar-refractivity contribution in [3.8, 4) is 0 Å². The van der Waals surface area contributed by atoms with Crippen LogP contribution in [-0.4, -0.2) is 51.0 Å². The van der Waals surface area contributed by atoms with Gasteiger partial charge in [0.25, 0.3) is 5.91 Å². The van der Waals surface area contributed by atoms with E-state index in [9.17, 15) is 13.2 Å². The van der Waals surface area contributed by atoms with Gasteiger partial charge in [-0.05, 0) is 56.7 Å². The molecule has 1 saturated carbocycles. The number of methoxy groups -OCH3 is 1. The Morgan fingerprint density at radius 3 is 2.73 bits per heavy atom. The first-order chi connectivity index (χ1) is 12.5. The Labute approximate surface area is 156 Å². The van der Waals surface area contributed by atoms with Gasteiger partial charge in [-0.3, -0.25) is 4.79 Å². The molecule has 1 N–H and O–H groups in total. The summed E-state index contributed by atoms with van der Waals surface area (Å²) in [5.74, 6) is -0.193. The summed E-state index contributed by atoms with van der Waals surface area (Å²) in [6, 6.07) is 6.59. The van der Waals surface area contributed by atoms with Gasteiger partial charge in [0, 0.05) is 37.9 Å². The molecule has 3 rings (SSSR count). The summed E-state index contributed by atoms with van der Waals surface area (Å²) in [6.07, 6.45) is 6.57. The van der Waals surface area contributed by atoms with E-state index in [0.717, 1.165) is 38.5 Å².